The number of hydrogen-bond acceptors (Lipinski definition) is 3. The zero-order chi connectivity index (χ0) is 19.6. The molecule has 1 aliphatic carbocycles. The lowest BCUT2D eigenvalue weighted by Gasteiger charge is -2.38. The molecule has 3 rings (SSSR count). The average Bonchev–Trinajstić information content (AvgIpc) is 3.42. The summed E-state index contributed by atoms with van der Waals surface area (Å²) in [4.78, 5) is 40.6. The van der Waals surface area contributed by atoms with E-state index in [0.717, 1.165) is 12.8 Å². The summed E-state index contributed by atoms with van der Waals surface area (Å²) in [5.74, 6) is -0.101. The number of amides is 1. The molecule has 1 N–H and O–H groups in total. The van der Waals surface area contributed by atoms with Gasteiger partial charge < -0.3 is 9.47 Å². The van der Waals surface area contributed by atoms with Crippen molar-refractivity contribution in [1.82, 2.24) is 14.5 Å². The molecular formula is C21H27N3O3. The largest absolute Gasteiger partial charge is 0.330 e. The van der Waals surface area contributed by atoms with Crippen LogP contribution in [0.2, 0.25) is 0 Å². The standard InChI is InChI=1S/C21H27N3O3/c1-15(2)24(21(11-12-21)17-7-5-4-6-8-17)19(26)16(3)9-13-23-14-10-18(25)22-20(23)27/h4-8,10,14-16H,9,11-13H2,1-3H3,(H,22,25,27). The lowest BCUT2D eigenvalue weighted by atomic mass is 9.97. The Kier molecular flexibility index (Phi) is 5.35. The smallest absolute Gasteiger partial charge is 0.328 e. The van der Waals surface area contributed by atoms with Crippen molar-refractivity contribution in [3.8, 4) is 0 Å². The monoisotopic (exact) mass is 369 g/mol. The van der Waals surface area contributed by atoms with Gasteiger partial charge in [-0.3, -0.25) is 14.6 Å². The maximum atomic E-state index is 13.3. The molecule has 1 aromatic heterocycles. The first kappa shape index (κ1) is 19.1. The molecule has 0 aliphatic heterocycles. The molecule has 1 amide bonds. The van der Waals surface area contributed by atoms with Crippen LogP contribution in [0.1, 0.15) is 45.6 Å². The Labute approximate surface area is 158 Å². The van der Waals surface area contributed by atoms with Crippen molar-refractivity contribution in [3.05, 3.63) is 69.0 Å². The number of nitrogens with zero attached hydrogens (tertiary/aromatic N) is 2. The van der Waals surface area contributed by atoms with E-state index in [1.807, 2.05) is 30.0 Å². The summed E-state index contributed by atoms with van der Waals surface area (Å²) >= 11 is 0. The highest BCUT2D eigenvalue weighted by atomic mass is 16.2. The van der Waals surface area contributed by atoms with Gasteiger partial charge in [-0.2, -0.15) is 0 Å². The number of aromatic amines is 1. The molecule has 0 bridgehead atoms. The summed E-state index contributed by atoms with van der Waals surface area (Å²) in [6, 6.07) is 11.6. The first-order chi connectivity index (χ1) is 12.8. The SMILES string of the molecule is CC(CCn1ccc(=O)[nH]c1=O)C(=O)N(C(C)C)C1(c2ccccc2)CC1. The van der Waals surface area contributed by atoms with Crippen LogP contribution in [0.5, 0.6) is 0 Å². The van der Waals surface area contributed by atoms with Crippen molar-refractivity contribution in [2.45, 2.75) is 58.2 Å². The molecule has 2 aromatic rings. The summed E-state index contributed by atoms with van der Waals surface area (Å²) < 4.78 is 1.44. The van der Waals surface area contributed by atoms with E-state index in [9.17, 15) is 14.4 Å². The lowest BCUT2D eigenvalue weighted by Crippen LogP contribution is -2.47. The molecule has 1 aromatic carbocycles. The summed E-state index contributed by atoms with van der Waals surface area (Å²) in [6.07, 6.45) is 3.98. The molecule has 1 heterocycles. The van der Waals surface area contributed by atoms with Gasteiger partial charge in [-0.1, -0.05) is 37.3 Å². The second kappa shape index (κ2) is 7.55. The third kappa shape index (κ3) is 3.89. The number of rotatable bonds is 7. The molecule has 0 saturated heterocycles. The average molecular weight is 369 g/mol. The van der Waals surface area contributed by atoms with E-state index >= 15 is 0 Å². The number of benzene rings is 1. The fraction of sp³-hybridized carbons (Fsp3) is 0.476. The number of H-pyrrole nitrogens is 1. The minimum absolute atomic E-state index is 0.0958. The highest BCUT2D eigenvalue weighted by Crippen LogP contribution is 2.52. The Bertz CT molecular complexity index is 910. The zero-order valence-corrected chi connectivity index (χ0v) is 16.1. The van der Waals surface area contributed by atoms with Crippen LogP contribution < -0.4 is 11.2 Å². The molecule has 6 heteroatoms. The van der Waals surface area contributed by atoms with Crippen LogP contribution in [0.4, 0.5) is 0 Å². The van der Waals surface area contributed by atoms with Crippen LogP contribution >= 0.6 is 0 Å². The first-order valence-corrected chi connectivity index (χ1v) is 9.53. The number of aryl methyl sites for hydroxylation is 1. The van der Waals surface area contributed by atoms with Crippen molar-refractivity contribution in [3.63, 3.8) is 0 Å². The topological polar surface area (TPSA) is 75.2 Å². The number of carbonyl (C=O) groups is 1. The van der Waals surface area contributed by atoms with E-state index in [1.54, 1.807) is 0 Å². The normalized spacial score (nSPS) is 16.1. The molecule has 1 unspecified atom stereocenters. The number of aromatic nitrogens is 2. The van der Waals surface area contributed by atoms with E-state index in [1.165, 1.54) is 22.4 Å². The molecule has 1 saturated carbocycles. The Balaban J connectivity index is 1.75. The van der Waals surface area contributed by atoms with E-state index in [-0.39, 0.29) is 23.4 Å². The maximum absolute atomic E-state index is 13.3. The Morgan fingerprint density at radius 1 is 1.15 bits per heavy atom. The zero-order valence-electron chi connectivity index (χ0n) is 16.1. The number of nitrogens with one attached hydrogen (secondary N) is 1. The second-order valence-corrected chi connectivity index (χ2v) is 7.69. The fourth-order valence-electron chi connectivity index (χ4n) is 3.81. The van der Waals surface area contributed by atoms with E-state index < -0.39 is 11.2 Å². The summed E-state index contributed by atoms with van der Waals surface area (Å²) in [6.45, 7) is 6.42. The lowest BCUT2D eigenvalue weighted by molar-refractivity contribution is -0.141. The molecule has 1 atom stereocenters. The van der Waals surface area contributed by atoms with Crippen molar-refractivity contribution < 1.29 is 4.79 Å². The highest BCUT2D eigenvalue weighted by Gasteiger charge is 2.52. The highest BCUT2D eigenvalue weighted by molar-refractivity contribution is 5.80. The van der Waals surface area contributed by atoms with Crippen LogP contribution in [0.3, 0.4) is 0 Å². The van der Waals surface area contributed by atoms with Gasteiger partial charge in [0.25, 0.3) is 5.56 Å². The van der Waals surface area contributed by atoms with Crippen LogP contribution in [0, 0.1) is 5.92 Å². The Morgan fingerprint density at radius 2 is 1.81 bits per heavy atom. The van der Waals surface area contributed by atoms with Gasteiger partial charge in [0, 0.05) is 30.8 Å². The number of carbonyl (C=O) groups excluding carboxylic acids is 1. The number of hydrogen-bond donors (Lipinski definition) is 1. The van der Waals surface area contributed by atoms with Gasteiger partial charge >= 0.3 is 5.69 Å². The predicted octanol–water partition coefficient (Wildman–Crippen LogP) is 2.49. The van der Waals surface area contributed by atoms with Crippen molar-refractivity contribution in [2.24, 2.45) is 5.92 Å². The van der Waals surface area contributed by atoms with Gasteiger partial charge in [-0.25, -0.2) is 4.79 Å². The molecular weight excluding hydrogens is 342 g/mol. The van der Waals surface area contributed by atoms with Gasteiger partial charge in [-0.15, -0.1) is 0 Å². The van der Waals surface area contributed by atoms with Crippen LogP contribution in [-0.4, -0.2) is 26.4 Å². The summed E-state index contributed by atoms with van der Waals surface area (Å²) in [7, 11) is 0. The molecule has 1 fully saturated rings. The molecule has 0 radical (unpaired) electrons. The van der Waals surface area contributed by atoms with E-state index in [2.05, 4.69) is 31.0 Å². The van der Waals surface area contributed by atoms with E-state index in [0.29, 0.717) is 13.0 Å². The predicted molar refractivity (Wildman–Crippen MR) is 104 cm³/mol. The molecule has 0 spiro atoms. The summed E-state index contributed by atoms with van der Waals surface area (Å²) in [5, 5.41) is 0. The third-order valence-electron chi connectivity index (χ3n) is 5.37. The third-order valence-corrected chi connectivity index (χ3v) is 5.37. The molecule has 27 heavy (non-hydrogen) atoms. The Hall–Kier alpha value is -2.63. The van der Waals surface area contributed by atoms with Crippen LogP contribution in [0.25, 0.3) is 0 Å². The van der Waals surface area contributed by atoms with Gasteiger partial charge in [0.2, 0.25) is 5.91 Å². The van der Waals surface area contributed by atoms with E-state index in [4.69, 9.17) is 0 Å². The fourth-order valence-corrected chi connectivity index (χ4v) is 3.81. The van der Waals surface area contributed by atoms with Gasteiger partial charge in [0.1, 0.15) is 0 Å². The van der Waals surface area contributed by atoms with Gasteiger partial charge in [0.05, 0.1) is 5.54 Å². The van der Waals surface area contributed by atoms with Gasteiger partial charge in [0.15, 0.2) is 0 Å². The van der Waals surface area contributed by atoms with Crippen LogP contribution in [0.15, 0.2) is 52.2 Å². The van der Waals surface area contributed by atoms with Gasteiger partial charge in [-0.05, 0) is 38.7 Å². The van der Waals surface area contributed by atoms with Crippen molar-refractivity contribution in [2.75, 3.05) is 0 Å². The molecule has 1 aliphatic rings. The molecule has 144 valence electrons. The minimum atomic E-state index is -0.439. The first-order valence-electron chi connectivity index (χ1n) is 9.53. The second-order valence-electron chi connectivity index (χ2n) is 7.69. The molecule has 6 nitrogen and oxygen atoms in total. The van der Waals surface area contributed by atoms with Crippen LogP contribution in [-0.2, 0) is 16.9 Å². The van der Waals surface area contributed by atoms with Crippen molar-refractivity contribution in [1.29, 1.82) is 0 Å². The maximum Gasteiger partial charge on any atom is 0.328 e. The minimum Gasteiger partial charge on any atom is -0.330 e. The summed E-state index contributed by atoms with van der Waals surface area (Å²) in [5.41, 5.74) is 0.141. The Morgan fingerprint density at radius 3 is 2.37 bits per heavy atom. The quantitative estimate of drug-likeness (QED) is 0.815. The van der Waals surface area contributed by atoms with Crippen molar-refractivity contribution >= 4 is 5.91 Å².